The molecule has 13 heavy (non-hydrogen) atoms. The molecule has 1 amide bonds. The number of amides is 1. The molecule has 2 atom stereocenters. The van der Waals surface area contributed by atoms with Crippen LogP contribution in [0.2, 0.25) is 0 Å². The van der Waals surface area contributed by atoms with Crippen LogP contribution in [0.3, 0.4) is 0 Å². The van der Waals surface area contributed by atoms with Crippen LogP contribution in [0.4, 0.5) is 0 Å². The number of nitrogens with zero attached hydrogens (tertiary/aromatic N) is 1. The highest BCUT2D eigenvalue weighted by molar-refractivity contribution is 7.80. The van der Waals surface area contributed by atoms with Crippen molar-refractivity contribution in [3.63, 3.8) is 0 Å². The van der Waals surface area contributed by atoms with Gasteiger partial charge in [0.1, 0.15) is 10.9 Å². The zero-order valence-electron chi connectivity index (χ0n) is 6.92. The molecular weight excluding hydrogens is 186 g/mol. The van der Waals surface area contributed by atoms with E-state index in [0.29, 0.717) is 5.57 Å². The van der Waals surface area contributed by atoms with Crippen molar-refractivity contribution in [2.45, 2.75) is 6.92 Å². The second-order valence-electron chi connectivity index (χ2n) is 2.75. The van der Waals surface area contributed by atoms with Crippen LogP contribution in [0.25, 0.3) is 0 Å². The molecule has 0 unspecified atom stereocenters. The Hall–Kier alpha value is -1.50. The molecule has 0 radical (unpaired) electrons. The first kappa shape index (κ1) is 9.59. The second kappa shape index (κ2) is 3.48. The number of nitrogens with one attached hydrogen (secondary N) is 2. The summed E-state index contributed by atoms with van der Waals surface area (Å²) >= 11 is 4.82. The van der Waals surface area contributed by atoms with E-state index >= 15 is 0 Å². The van der Waals surface area contributed by atoms with E-state index in [1.807, 2.05) is 6.07 Å². The molecule has 0 saturated carbocycles. The maximum absolute atomic E-state index is 11.2. The van der Waals surface area contributed by atoms with Crippen LogP contribution >= 0.6 is 12.2 Å². The first-order valence-corrected chi connectivity index (χ1v) is 4.07. The van der Waals surface area contributed by atoms with E-state index in [9.17, 15) is 4.79 Å². The van der Waals surface area contributed by atoms with Gasteiger partial charge in [0.15, 0.2) is 0 Å². The van der Waals surface area contributed by atoms with E-state index in [2.05, 4.69) is 11.2 Å². The molecule has 1 aliphatic heterocycles. The summed E-state index contributed by atoms with van der Waals surface area (Å²) in [6.07, 6.45) is 0. The molecular formula is C8H7N3OS. The van der Waals surface area contributed by atoms with Crippen molar-refractivity contribution >= 4 is 29.0 Å². The molecule has 1 heterocycles. The average molecular weight is 193 g/mol. The maximum atomic E-state index is 11.2. The molecule has 4 nitrogen and oxygen atoms in total. The van der Waals surface area contributed by atoms with Gasteiger partial charge in [0.05, 0.1) is 11.6 Å². The molecule has 0 bridgehead atoms. The summed E-state index contributed by atoms with van der Waals surface area (Å²) in [6, 6.07) is 1.87. The van der Waals surface area contributed by atoms with E-state index < -0.39 is 5.92 Å². The predicted octanol–water partition coefficient (Wildman–Crippen LogP) is 0.394. The minimum Gasteiger partial charge on any atom is -0.315 e. The molecule has 1 aliphatic rings. The third kappa shape index (κ3) is 1.50. The van der Waals surface area contributed by atoms with Crippen molar-refractivity contribution < 1.29 is 4.79 Å². The van der Waals surface area contributed by atoms with E-state index in [0.717, 1.165) is 0 Å². The number of piperidine rings is 1. The zero-order valence-corrected chi connectivity index (χ0v) is 7.73. The Balaban J connectivity index is 3.10. The fourth-order valence-corrected chi connectivity index (χ4v) is 1.54. The normalized spacial score (nSPS) is 27.5. The lowest BCUT2D eigenvalue weighted by atomic mass is 9.85. The zero-order chi connectivity index (χ0) is 10.0. The van der Waals surface area contributed by atoms with E-state index in [1.54, 1.807) is 6.92 Å². The van der Waals surface area contributed by atoms with Crippen LogP contribution in [-0.4, -0.2) is 16.8 Å². The monoisotopic (exact) mass is 193 g/mol. The highest BCUT2D eigenvalue weighted by Crippen LogP contribution is 2.23. The largest absolute Gasteiger partial charge is 0.315 e. The summed E-state index contributed by atoms with van der Waals surface area (Å²) in [5.74, 6) is 0.650. The lowest BCUT2D eigenvalue weighted by molar-refractivity contribution is -0.123. The molecule has 1 rings (SSSR count). The Morgan fingerprint density at radius 1 is 1.69 bits per heavy atom. The quantitative estimate of drug-likeness (QED) is 0.332. The summed E-state index contributed by atoms with van der Waals surface area (Å²) in [4.78, 5) is 11.4. The standard InChI is InChI=1S/C8H7N3OS/c1-4-5(2-9)7(12)11-8(13)6(4)3-10/h4-5,10H,1H3,(H,11,12,13)/t4-,5-/m0/s1. The molecule has 0 aromatic heterocycles. The number of carbonyl (C=O) groups excluding carboxylic acids is 1. The molecule has 1 saturated heterocycles. The predicted molar refractivity (Wildman–Crippen MR) is 50.2 cm³/mol. The molecule has 0 aliphatic carbocycles. The Morgan fingerprint density at radius 3 is 2.77 bits per heavy atom. The summed E-state index contributed by atoms with van der Waals surface area (Å²) in [6.45, 7) is 1.69. The van der Waals surface area contributed by atoms with Gasteiger partial charge in [-0.3, -0.25) is 10.2 Å². The van der Waals surface area contributed by atoms with Gasteiger partial charge in [0.25, 0.3) is 0 Å². The second-order valence-corrected chi connectivity index (χ2v) is 3.16. The van der Waals surface area contributed by atoms with Gasteiger partial charge < -0.3 is 5.32 Å². The van der Waals surface area contributed by atoms with Gasteiger partial charge >= 0.3 is 0 Å². The minimum absolute atomic E-state index is 0.207. The third-order valence-electron chi connectivity index (χ3n) is 1.99. The first-order chi connectivity index (χ1) is 6.11. The molecule has 0 spiro atoms. The first-order valence-electron chi connectivity index (χ1n) is 3.66. The van der Waals surface area contributed by atoms with Crippen LogP contribution in [0.1, 0.15) is 6.92 Å². The number of hydrogen-bond acceptors (Lipinski definition) is 4. The van der Waals surface area contributed by atoms with E-state index in [4.69, 9.17) is 22.9 Å². The molecule has 2 N–H and O–H groups in total. The average Bonchev–Trinajstić information content (AvgIpc) is 2.04. The molecule has 0 aromatic rings. The van der Waals surface area contributed by atoms with Crippen molar-refractivity contribution in [1.29, 1.82) is 10.7 Å². The summed E-state index contributed by atoms with van der Waals surface area (Å²) in [7, 11) is 0. The van der Waals surface area contributed by atoms with Crippen LogP contribution in [0.5, 0.6) is 0 Å². The van der Waals surface area contributed by atoms with E-state index in [1.165, 1.54) is 0 Å². The SMILES string of the molecule is C[C@@H]1C(=C=N)C(=S)NC(=O)[C@H]1C#N. The van der Waals surface area contributed by atoms with Gasteiger partial charge in [-0.25, -0.2) is 0 Å². The van der Waals surface area contributed by atoms with Crippen LogP contribution < -0.4 is 5.32 Å². The lowest BCUT2D eigenvalue weighted by Gasteiger charge is -2.24. The minimum atomic E-state index is -0.764. The topological polar surface area (TPSA) is 76.7 Å². The van der Waals surface area contributed by atoms with Gasteiger partial charge in [-0.05, 0) is 5.87 Å². The van der Waals surface area contributed by atoms with Gasteiger partial charge in [-0.2, -0.15) is 5.26 Å². The molecule has 5 heteroatoms. The van der Waals surface area contributed by atoms with Crippen molar-refractivity contribution in [1.82, 2.24) is 5.32 Å². The Morgan fingerprint density at radius 2 is 2.31 bits per heavy atom. The van der Waals surface area contributed by atoms with Crippen LogP contribution in [0, 0.1) is 28.6 Å². The van der Waals surface area contributed by atoms with Crippen molar-refractivity contribution in [3.05, 3.63) is 5.57 Å². The third-order valence-corrected chi connectivity index (χ3v) is 2.31. The lowest BCUT2D eigenvalue weighted by Crippen LogP contribution is -2.45. The number of thiocarbonyl (C=S) groups is 1. The number of rotatable bonds is 0. The Labute approximate surface area is 80.7 Å². The molecule has 0 aromatic carbocycles. The van der Waals surface area contributed by atoms with Crippen LogP contribution in [0.15, 0.2) is 5.57 Å². The van der Waals surface area contributed by atoms with Crippen molar-refractivity contribution in [2.75, 3.05) is 0 Å². The fourth-order valence-electron chi connectivity index (χ4n) is 1.20. The maximum Gasteiger partial charge on any atom is 0.243 e. The number of nitriles is 1. The Kier molecular flexibility index (Phi) is 2.57. The smallest absolute Gasteiger partial charge is 0.243 e. The van der Waals surface area contributed by atoms with Gasteiger partial charge in [0, 0.05) is 5.92 Å². The Bertz CT molecular complexity index is 362. The van der Waals surface area contributed by atoms with Gasteiger partial charge in [0.2, 0.25) is 5.91 Å². The van der Waals surface area contributed by atoms with Crippen LogP contribution in [-0.2, 0) is 4.79 Å². The van der Waals surface area contributed by atoms with Gasteiger partial charge in [-0.1, -0.05) is 19.1 Å². The van der Waals surface area contributed by atoms with E-state index in [-0.39, 0.29) is 16.8 Å². The molecule has 1 fully saturated rings. The number of hydrogen-bond donors (Lipinski definition) is 2. The number of carbonyl (C=O) groups is 1. The summed E-state index contributed by atoms with van der Waals surface area (Å²) in [5, 5.41) is 18.0. The van der Waals surface area contributed by atoms with Gasteiger partial charge in [-0.15, -0.1) is 0 Å². The summed E-state index contributed by atoms with van der Waals surface area (Å²) in [5.41, 5.74) is 0.418. The molecule has 66 valence electrons. The van der Waals surface area contributed by atoms with Crippen molar-refractivity contribution in [2.24, 2.45) is 11.8 Å². The van der Waals surface area contributed by atoms with Crippen molar-refractivity contribution in [3.8, 4) is 6.07 Å². The fraction of sp³-hybridized carbons (Fsp3) is 0.375. The highest BCUT2D eigenvalue weighted by atomic mass is 32.1. The highest BCUT2D eigenvalue weighted by Gasteiger charge is 2.35. The summed E-state index contributed by atoms with van der Waals surface area (Å²) < 4.78 is 0.